The molecule has 0 aliphatic carbocycles. The van der Waals surface area contributed by atoms with Crippen molar-refractivity contribution in [1.29, 1.82) is 0 Å². The van der Waals surface area contributed by atoms with Crippen LogP contribution in [0.2, 0.25) is 0 Å². The van der Waals surface area contributed by atoms with Crippen LogP contribution in [0.25, 0.3) is 0 Å². The number of benzene rings is 1. The number of nitrogens with zero attached hydrogens (tertiary/aromatic N) is 2. The van der Waals surface area contributed by atoms with E-state index in [2.05, 4.69) is 15.3 Å². The summed E-state index contributed by atoms with van der Waals surface area (Å²) in [5.41, 5.74) is -0.750. The first-order valence-corrected chi connectivity index (χ1v) is 6.90. The lowest BCUT2D eigenvalue weighted by atomic mass is 10.1. The van der Waals surface area contributed by atoms with E-state index >= 15 is 0 Å². The number of aromatic nitrogens is 2. The van der Waals surface area contributed by atoms with E-state index < -0.39 is 11.7 Å². The van der Waals surface area contributed by atoms with Crippen LogP contribution in [0.15, 0.2) is 36.7 Å². The van der Waals surface area contributed by atoms with E-state index in [0.29, 0.717) is 5.75 Å². The molecule has 7 heteroatoms. The standard InChI is InChI=1S/C15H14F3N3O/c16-15(17,18)11-2-1-3-12(6-11)22-13-8-20-14(21-9-13)10-4-5-19-7-10/h1-3,6,8-10,19H,4-5,7H2. The minimum atomic E-state index is -4.39. The van der Waals surface area contributed by atoms with Gasteiger partial charge in [0.15, 0.2) is 5.75 Å². The van der Waals surface area contributed by atoms with Crippen LogP contribution in [0.5, 0.6) is 11.5 Å². The molecule has 116 valence electrons. The maximum atomic E-state index is 12.6. The Morgan fingerprint density at radius 1 is 1.14 bits per heavy atom. The summed E-state index contributed by atoms with van der Waals surface area (Å²) >= 11 is 0. The van der Waals surface area contributed by atoms with Gasteiger partial charge in [0.1, 0.15) is 11.6 Å². The number of halogens is 3. The fourth-order valence-corrected chi connectivity index (χ4v) is 2.34. The van der Waals surface area contributed by atoms with Crippen molar-refractivity contribution in [2.45, 2.75) is 18.5 Å². The average molecular weight is 309 g/mol. The van der Waals surface area contributed by atoms with Crippen molar-refractivity contribution >= 4 is 0 Å². The summed E-state index contributed by atoms with van der Waals surface area (Å²) in [6.07, 6.45) is -0.440. The zero-order chi connectivity index (χ0) is 15.6. The minimum absolute atomic E-state index is 0.105. The highest BCUT2D eigenvalue weighted by atomic mass is 19.4. The highest BCUT2D eigenvalue weighted by molar-refractivity contribution is 5.33. The van der Waals surface area contributed by atoms with Crippen molar-refractivity contribution in [2.75, 3.05) is 13.1 Å². The second-order valence-electron chi connectivity index (χ2n) is 5.09. The van der Waals surface area contributed by atoms with Crippen molar-refractivity contribution in [3.63, 3.8) is 0 Å². The number of alkyl halides is 3. The van der Waals surface area contributed by atoms with Gasteiger partial charge in [-0.2, -0.15) is 13.2 Å². The molecule has 1 aliphatic heterocycles. The second kappa shape index (κ2) is 5.92. The Hall–Kier alpha value is -2.15. The summed E-state index contributed by atoms with van der Waals surface area (Å²) in [6.45, 7) is 1.78. The molecule has 2 heterocycles. The summed E-state index contributed by atoms with van der Waals surface area (Å²) in [5, 5.41) is 3.23. The molecule has 0 amide bonds. The molecule has 1 fully saturated rings. The number of ether oxygens (including phenoxy) is 1. The predicted octanol–water partition coefficient (Wildman–Crippen LogP) is 3.36. The quantitative estimate of drug-likeness (QED) is 0.944. The molecule has 1 aromatic carbocycles. The van der Waals surface area contributed by atoms with Crippen LogP contribution >= 0.6 is 0 Å². The van der Waals surface area contributed by atoms with Gasteiger partial charge in [0, 0.05) is 12.5 Å². The van der Waals surface area contributed by atoms with E-state index in [1.165, 1.54) is 24.5 Å². The molecular weight excluding hydrogens is 295 g/mol. The van der Waals surface area contributed by atoms with Crippen molar-refractivity contribution in [1.82, 2.24) is 15.3 Å². The molecule has 1 aromatic heterocycles. The average Bonchev–Trinajstić information content (AvgIpc) is 3.02. The second-order valence-corrected chi connectivity index (χ2v) is 5.09. The van der Waals surface area contributed by atoms with Crippen molar-refractivity contribution in [3.05, 3.63) is 48.0 Å². The first-order valence-electron chi connectivity index (χ1n) is 6.90. The van der Waals surface area contributed by atoms with Gasteiger partial charge in [0.05, 0.1) is 18.0 Å². The summed E-state index contributed by atoms with van der Waals surface area (Å²) in [5.74, 6) is 1.42. The highest BCUT2D eigenvalue weighted by Crippen LogP contribution is 2.32. The third-order valence-corrected chi connectivity index (χ3v) is 3.47. The molecule has 1 unspecified atom stereocenters. The maximum absolute atomic E-state index is 12.6. The molecule has 1 aliphatic rings. The summed E-state index contributed by atoms with van der Waals surface area (Å²) < 4.78 is 43.3. The Bertz CT molecular complexity index is 637. The first kappa shape index (κ1) is 14.8. The van der Waals surface area contributed by atoms with E-state index in [1.807, 2.05) is 0 Å². The Morgan fingerprint density at radius 3 is 2.55 bits per heavy atom. The van der Waals surface area contributed by atoms with Crippen LogP contribution in [0.1, 0.15) is 23.7 Å². The van der Waals surface area contributed by atoms with Crippen molar-refractivity contribution < 1.29 is 17.9 Å². The molecule has 0 radical (unpaired) electrons. The van der Waals surface area contributed by atoms with Gasteiger partial charge in [-0.15, -0.1) is 0 Å². The zero-order valence-electron chi connectivity index (χ0n) is 11.6. The SMILES string of the molecule is FC(F)(F)c1cccc(Oc2cnc(C3CCNC3)nc2)c1. The number of hydrogen-bond donors (Lipinski definition) is 1. The zero-order valence-corrected chi connectivity index (χ0v) is 11.6. The molecule has 1 saturated heterocycles. The molecule has 0 bridgehead atoms. The highest BCUT2D eigenvalue weighted by Gasteiger charge is 2.30. The summed E-state index contributed by atoms with van der Waals surface area (Å²) in [7, 11) is 0. The van der Waals surface area contributed by atoms with E-state index in [1.54, 1.807) is 0 Å². The first-order chi connectivity index (χ1) is 10.5. The van der Waals surface area contributed by atoms with Crippen LogP contribution in [0.3, 0.4) is 0 Å². The molecule has 3 rings (SSSR count). The smallest absolute Gasteiger partial charge is 0.416 e. The number of nitrogens with one attached hydrogen (secondary N) is 1. The summed E-state index contributed by atoms with van der Waals surface area (Å²) in [4.78, 5) is 8.46. The monoisotopic (exact) mass is 309 g/mol. The van der Waals surface area contributed by atoms with Gasteiger partial charge in [0.25, 0.3) is 0 Å². The van der Waals surface area contributed by atoms with Gasteiger partial charge in [-0.05, 0) is 31.2 Å². The van der Waals surface area contributed by atoms with Crippen molar-refractivity contribution in [3.8, 4) is 11.5 Å². The van der Waals surface area contributed by atoms with E-state index in [0.717, 1.165) is 37.5 Å². The predicted molar refractivity (Wildman–Crippen MR) is 73.8 cm³/mol. The Labute approximate surface area is 125 Å². The Balaban J connectivity index is 1.73. The fraction of sp³-hybridized carbons (Fsp3) is 0.333. The summed E-state index contributed by atoms with van der Waals surface area (Å²) in [6, 6.07) is 4.72. The lowest BCUT2D eigenvalue weighted by Crippen LogP contribution is -2.10. The van der Waals surface area contributed by atoms with E-state index in [4.69, 9.17) is 4.74 Å². The van der Waals surface area contributed by atoms with Crippen LogP contribution < -0.4 is 10.1 Å². The molecule has 2 aromatic rings. The van der Waals surface area contributed by atoms with Crippen LogP contribution in [-0.2, 0) is 6.18 Å². The van der Waals surface area contributed by atoms with Crippen LogP contribution in [0.4, 0.5) is 13.2 Å². The third-order valence-electron chi connectivity index (χ3n) is 3.47. The van der Waals surface area contributed by atoms with Crippen LogP contribution in [-0.4, -0.2) is 23.1 Å². The van der Waals surface area contributed by atoms with Crippen LogP contribution in [0, 0.1) is 0 Å². The molecular formula is C15H14F3N3O. The van der Waals surface area contributed by atoms with Gasteiger partial charge in [-0.1, -0.05) is 6.07 Å². The molecule has 1 atom stereocenters. The molecule has 0 spiro atoms. The number of rotatable bonds is 3. The van der Waals surface area contributed by atoms with Gasteiger partial charge in [0.2, 0.25) is 0 Å². The largest absolute Gasteiger partial charge is 0.454 e. The Morgan fingerprint density at radius 2 is 1.91 bits per heavy atom. The normalized spacial score (nSPS) is 18.4. The minimum Gasteiger partial charge on any atom is -0.454 e. The lowest BCUT2D eigenvalue weighted by molar-refractivity contribution is -0.137. The molecule has 1 N–H and O–H groups in total. The third kappa shape index (κ3) is 3.36. The lowest BCUT2D eigenvalue weighted by Gasteiger charge is -2.10. The number of hydrogen-bond acceptors (Lipinski definition) is 4. The maximum Gasteiger partial charge on any atom is 0.416 e. The molecule has 0 saturated carbocycles. The van der Waals surface area contributed by atoms with Gasteiger partial charge in [-0.25, -0.2) is 9.97 Å². The van der Waals surface area contributed by atoms with Gasteiger partial charge >= 0.3 is 6.18 Å². The molecule has 22 heavy (non-hydrogen) atoms. The van der Waals surface area contributed by atoms with Gasteiger partial charge in [-0.3, -0.25) is 0 Å². The van der Waals surface area contributed by atoms with Crippen molar-refractivity contribution in [2.24, 2.45) is 0 Å². The van der Waals surface area contributed by atoms with E-state index in [9.17, 15) is 13.2 Å². The Kier molecular flexibility index (Phi) is 3.98. The van der Waals surface area contributed by atoms with Gasteiger partial charge < -0.3 is 10.1 Å². The fourth-order valence-electron chi connectivity index (χ4n) is 2.34. The van der Waals surface area contributed by atoms with E-state index in [-0.39, 0.29) is 11.7 Å². The molecule has 4 nitrogen and oxygen atoms in total. The topological polar surface area (TPSA) is 47.0 Å².